The van der Waals surface area contributed by atoms with Crippen LogP contribution >= 0.6 is 22.9 Å². The number of hydrogen-bond acceptors (Lipinski definition) is 10. The van der Waals surface area contributed by atoms with Gasteiger partial charge in [0.05, 0.1) is 22.7 Å². The predicted molar refractivity (Wildman–Crippen MR) is 118 cm³/mol. The molecule has 0 amide bonds. The van der Waals surface area contributed by atoms with Crippen LogP contribution in [0.3, 0.4) is 0 Å². The molecule has 0 radical (unpaired) electrons. The molecular formula is C21H20ClN5O5S. The van der Waals surface area contributed by atoms with Crippen molar-refractivity contribution < 1.29 is 24.5 Å². The van der Waals surface area contributed by atoms with Crippen molar-refractivity contribution in [2.45, 2.75) is 43.5 Å². The highest BCUT2D eigenvalue weighted by Gasteiger charge is 2.44. The van der Waals surface area contributed by atoms with Gasteiger partial charge in [0.15, 0.2) is 0 Å². The molecular weight excluding hydrogens is 470 g/mol. The van der Waals surface area contributed by atoms with Gasteiger partial charge in [-0.05, 0) is 39.8 Å². The van der Waals surface area contributed by atoms with Crippen LogP contribution in [0.5, 0.6) is 0 Å². The van der Waals surface area contributed by atoms with Crippen LogP contribution in [-0.2, 0) is 17.7 Å². The number of aliphatic hydroxyl groups is 3. The number of thiazole rings is 1. The molecule has 0 saturated carbocycles. The molecule has 4 heterocycles. The van der Waals surface area contributed by atoms with Crippen LogP contribution in [0.1, 0.15) is 22.2 Å². The Morgan fingerprint density at radius 3 is 2.76 bits per heavy atom. The molecule has 3 aromatic heterocycles. The third kappa shape index (κ3) is 4.56. The summed E-state index contributed by atoms with van der Waals surface area (Å²) in [6.45, 7) is 0.115. The van der Waals surface area contributed by atoms with Gasteiger partial charge in [-0.25, -0.2) is 9.67 Å². The minimum Gasteiger partial charge on any atom is -0.463 e. The molecule has 0 unspecified atom stereocenters. The molecule has 0 bridgehead atoms. The number of hydrogen-bond donors (Lipinski definition) is 3. The Balaban J connectivity index is 1.38. The molecule has 10 nitrogen and oxygen atoms in total. The van der Waals surface area contributed by atoms with E-state index in [4.69, 9.17) is 20.8 Å². The Bertz CT molecular complexity index is 1200. The van der Waals surface area contributed by atoms with Crippen molar-refractivity contribution in [3.8, 4) is 10.6 Å². The smallest absolute Gasteiger partial charge is 0.145 e. The Hall–Kier alpha value is -2.67. The van der Waals surface area contributed by atoms with Gasteiger partial charge in [0.1, 0.15) is 42.6 Å². The molecule has 1 aromatic carbocycles. The van der Waals surface area contributed by atoms with Gasteiger partial charge in [-0.15, -0.1) is 16.4 Å². The minimum absolute atomic E-state index is 0.115. The number of aromatic nitrogens is 5. The van der Waals surface area contributed by atoms with Crippen LogP contribution in [0.25, 0.3) is 10.6 Å². The standard InChI is InChI=1S/C21H20ClN5O5S/c22-13-4-3-11(6-12(13)7-17-23-8-16(33-17)14-2-1-5-31-14)21-20(30)19(29)18(28)15(32-21)9-27-10-24-25-26-27/h1-6,8,10,15,18-21,28-30H,7,9H2/t15-,18-,19+,20-,21+/m1/s1. The van der Waals surface area contributed by atoms with Crippen molar-refractivity contribution in [3.05, 3.63) is 70.3 Å². The van der Waals surface area contributed by atoms with Gasteiger partial charge < -0.3 is 24.5 Å². The summed E-state index contributed by atoms with van der Waals surface area (Å²) >= 11 is 7.94. The zero-order valence-electron chi connectivity index (χ0n) is 17.1. The lowest BCUT2D eigenvalue weighted by molar-refractivity contribution is -0.228. The maximum atomic E-state index is 10.6. The molecule has 1 aliphatic rings. The van der Waals surface area contributed by atoms with E-state index in [0.29, 0.717) is 17.0 Å². The number of nitrogens with zero attached hydrogens (tertiary/aromatic N) is 5. The first-order chi connectivity index (χ1) is 16.0. The number of aliphatic hydroxyl groups excluding tert-OH is 3. The average Bonchev–Trinajstić information content (AvgIpc) is 3.58. The van der Waals surface area contributed by atoms with E-state index in [9.17, 15) is 15.3 Å². The lowest BCUT2D eigenvalue weighted by atomic mass is 9.90. The fraction of sp³-hybridized carbons (Fsp3) is 0.333. The van der Waals surface area contributed by atoms with E-state index < -0.39 is 30.5 Å². The van der Waals surface area contributed by atoms with Gasteiger partial charge in [-0.2, -0.15) is 0 Å². The second-order valence-electron chi connectivity index (χ2n) is 7.72. The Morgan fingerprint density at radius 2 is 2.00 bits per heavy atom. The molecule has 5 rings (SSSR count). The Morgan fingerprint density at radius 1 is 1.12 bits per heavy atom. The van der Waals surface area contributed by atoms with Crippen LogP contribution in [0.15, 0.2) is 53.5 Å². The summed E-state index contributed by atoms with van der Waals surface area (Å²) in [6.07, 6.45) is -0.518. The van der Waals surface area contributed by atoms with Crippen molar-refractivity contribution >= 4 is 22.9 Å². The van der Waals surface area contributed by atoms with Gasteiger partial charge in [0.25, 0.3) is 0 Å². The summed E-state index contributed by atoms with van der Waals surface area (Å²) in [6, 6.07) is 8.97. The Labute approximate surface area is 197 Å². The highest BCUT2D eigenvalue weighted by atomic mass is 35.5. The van der Waals surface area contributed by atoms with Gasteiger partial charge in [0, 0.05) is 17.6 Å². The summed E-state index contributed by atoms with van der Waals surface area (Å²) in [5, 5.41) is 43.7. The van der Waals surface area contributed by atoms with Crippen LogP contribution in [0.4, 0.5) is 0 Å². The number of furan rings is 1. The summed E-state index contributed by atoms with van der Waals surface area (Å²) in [7, 11) is 0. The van der Waals surface area contributed by atoms with Crippen molar-refractivity contribution in [2.75, 3.05) is 0 Å². The molecule has 3 N–H and O–H groups in total. The van der Waals surface area contributed by atoms with E-state index in [1.165, 1.54) is 22.3 Å². The molecule has 172 valence electrons. The summed E-state index contributed by atoms with van der Waals surface area (Å²) in [5.74, 6) is 0.749. The first kappa shape index (κ1) is 22.1. The first-order valence-corrected chi connectivity index (χ1v) is 11.4. The van der Waals surface area contributed by atoms with E-state index in [1.807, 2.05) is 18.2 Å². The van der Waals surface area contributed by atoms with Crippen molar-refractivity contribution in [1.82, 2.24) is 25.2 Å². The minimum atomic E-state index is -1.40. The maximum absolute atomic E-state index is 10.6. The largest absolute Gasteiger partial charge is 0.463 e. The van der Waals surface area contributed by atoms with Crippen LogP contribution in [-0.4, -0.2) is 64.9 Å². The lowest BCUT2D eigenvalue weighted by Gasteiger charge is -2.40. The normalized spacial score (nSPS) is 25.4. The summed E-state index contributed by atoms with van der Waals surface area (Å²) in [5.41, 5.74) is 1.42. The fourth-order valence-corrected chi connectivity index (χ4v) is 4.91. The van der Waals surface area contributed by atoms with E-state index in [1.54, 1.807) is 24.6 Å². The number of ether oxygens (including phenoxy) is 1. The zero-order chi connectivity index (χ0) is 22.9. The highest BCUT2D eigenvalue weighted by molar-refractivity contribution is 7.15. The van der Waals surface area contributed by atoms with Gasteiger partial charge in [0.2, 0.25) is 0 Å². The third-order valence-corrected chi connectivity index (χ3v) is 6.91. The lowest BCUT2D eigenvalue weighted by Crippen LogP contribution is -2.55. The molecule has 5 atom stereocenters. The van der Waals surface area contributed by atoms with Crippen molar-refractivity contribution in [1.29, 1.82) is 0 Å². The van der Waals surface area contributed by atoms with Crippen molar-refractivity contribution in [3.63, 3.8) is 0 Å². The topological polar surface area (TPSA) is 140 Å². The molecule has 0 aliphatic carbocycles. The molecule has 1 aliphatic heterocycles. The Kier molecular flexibility index (Phi) is 6.23. The number of tetrazole rings is 1. The van der Waals surface area contributed by atoms with E-state index in [-0.39, 0.29) is 6.54 Å². The number of halogens is 1. The van der Waals surface area contributed by atoms with E-state index >= 15 is 0 Å². The highest BCUT2D eigenvalue weighted by Crippen LogP contribution is 2.35. The number of benzene rings is 1. The molecule has 1 fully saturated rings. The quantitative estimate of drug-likeness (QED) is 0.370. The van der Waals surface area contributed by atoms with Gasteiger partial charge in [-0.1, -0.05) is 23.7 Å². The average molecular weight is 490 g/mol. The zero-order valence-corrected chi connectivity index (χ0v) is 18.7. The van der Waals surface area contributed by atoms with Gasteiger partial charge in [-0.3, -0.25) is 0 Å². The second-order valence-corrected chi connectivity index (χ2v) is 9.24. The van der Waals surface area contributed by atoms with Crippen LogP contribution in [0.2, 0.25) is 5.02 Å². The predicted octanol–water partition coefficient (Wildman–Crippen LogP) is 1.86. The molecule has 33 heavy (non-hydrogen) atoms. The monoisotopic (exact) mass is 489 g/mol. The second kappa shape index (κ2) is 9.29. The molecule has 12 heteroatoms. The third-order valence-electron chi connectivity index (χ3n) is 5.53. The molecule has 0 spiro atoms. The molecule has 4 aromatic rings. The van der Waals surface area contributed by atoms with Crippen molar-refractivity contribution in [2.24, 2.45) is 0 Å². The molecule has 1 saturated heterocycles. The summed E-state index contributed by atoms with van der Waals surface area (Å²) < 4.78 is 12.8. The SMILES string of the molecule is O[C@@H]1[C@@H](O)[C@H](c2ccc(Cl)c(Cc3ncc(-c4ccco4)s3)c2)O[C@H](Cn2cnnn2)[C@H]1O. The van der Waals surface area contributed by atoms with Crippen LogP contribution in [0, 0.1) is 0 Å². The van der Waals surface area contributed by atoms with Gasteiger partial charge >= 0.3 is 0 Å². The fourth-order valence-electron chi connectivity index (χ4n) is 3.82. The van der Waals surface area contributed by atoms with Crippen LogP contribution < -0.4 is 0 Å². The first-order valence-electron chi connectivity index (χ1n) is 10.2. The summed E-state index contributed by atoms with van der Waals surface area (Å²) in [4.78, 5) is 5.38. The van der Waals surface area contributed by atoms with E-state index in [2.05, 4.69) is 20.5 Å². The van der Waals surface area contributed by atoms with E-state index in [0.717, 1.165) is 21.2 Å². The number of rotatable bonds is 6. The maximum Gasteiger partial charge on any atom is 0.145 e.